The maximum atomic E-state index is 13.6. The van der Waals surface area contributed by atoms with Gasteiger partial charge in [-0.2, -0.15) is 0 Å². The summed E-state index contributed by atoms with van der Waals surface area (Å²) in [6.45, 7) is 4.52. The average molecular weight is 613 g/mol. The van der Waals surface area contributed by atoms with E-state index in [4.69, 9.17) is 14.5 Å². The molecule has 2 N–H and O–H groups in total. The SMILES string of the molecule is COc1cc(C(=O)N2CCCCc3ccccc32)ccc1C(=O)Nc1cccc2[nH]c(CN3CCOCC3)nc12.Cl.Cl. The third kappa shape index (κ3) is 6.55. The molecular formula is C31H35Cl2N5O4. The normalized spacial score (nSPS) is 15.1. The van der Waals surface area contributed by atoms with Gasteiger partial charge in [0.15, 0.2) is 0 Å². The maximum absolute atomic E-state index is 13.6. The first kappa shape index (κ1) is 31.3. The number of methoxy groups -OCH3 is 1. The number of carbonyl (C=O) groups is 2. The van der Waals surface area contributed by atoms with Crippen LogP contribution in [0.15, 0.2) is 60.7 Å². The number of fused-ring (bicyclic) bond motifs is 2. The van der Waals surface area contributed by atoms with Gasteiger partial charge in [-0.15, -0.1) is 24.8 Å². The third-order valence-corrected chi connectivity index (χ3v) is 7.59. The minimum Gasteiger partial charge on any atom is -0.496 e. The number of aryl methyl sites for hydroxylation is 1. The number of benzene rings is 3. The van der Waals surface area contributed by atoms with Crippen LogP contribution in [0.5, 0.6) is 5.75 Å². The number of nitrogens with zero attached hydrogens (tertiary/aromatic N) is 3. The molecule has 2 aliphatic rings. The fraction of sp³-hybridized carbons (Fsp3) is 0.323. The highest BCUT2D eigenvalue weighted by Crippen LogP contribution is 2.30. The van der Waals surface area contributed by atoms with Crippen molar-refractivity contribution in [3.63, 3.8) is 0 Å². The molecule has 11 heteroatoms. The average Bonchev–Trinajstić information content (AvgIpc) is 3.28. The summed E-state index contributed by atoms with van der Waals surface area (Å²) in [5, 5.41) is 3.00. The van der Waals surface area contributed by atoms with E-state index < -0.39 is 0 Å². The molecular weight excluding hydrogens is 577 g/mol. The summed E-state index contributed by atoms with van der Waals surface area (Å²) >= 11 is 0. The van der Waals surface area contributed by atoms with Crippen LogP contribution in [0.4, 0.5) is 11.4 Å². The Morgan fingerprint density at radius 1 is 1.00 bits per heavy atom. The molecule has 222 valence electrons. The number of anilines is 2. The molecule has 1 aromatic heterocycles. The zero-order valence-electron chi connectivity index (χ0n) is 23.4. The van der Waals surface area contributed by atoms with Gasteiger partial charge in [-0.25, -0.2) is 4.98 Å². The van der Waals surface area contributed by atoms with Gasteiger partial charge in [0.05, 0.1) is 43.6 Å². The van der Waals surface area contributed by atoms with E-state index >= 15 is 0 Å². The molecule has 0 radical (unpaired) electrons. The van der Waals surface area contributed by atoms with Gasteiger partial charge in [0, 0.05) is 30.9 Å². The van der Waals surface area contributed by atoms with Gasteiger partial charge < -0.3 is 24.7 Å². The lowest BCUT2D eigenvalue weighted by atomic mass is 10.1. The van der Waals surface area contributed by atoms with Crippen molar-refractivity contribution in [2.45, 2.75) is 25.8 Å². The minimum absolute atomic E-state index is 0. The van der Waals surface area contributed by atoms with Crippen LogP contribution in [0.3, 0.4) is 0 Å². The van der Waals surface area contributed by atoms with Crippen LogP contribution in [-0.4, -0.2) is 66.6 Å². The van der Waals surface area contributed by atoms with Crippen LogP contribution in [0.2, 0.25) is 0 Å². The van der Waals surface area contributed by atoms with Gasteiger partial charge in [0.25, 0.3) is 11.8 Å². The summed E-state index contributed by atoms with van der Waals surface area (Å²) in [7, 11) is 1.51. The van der Waals surface area contributed by atoms with Crippen molar-refractivity contribution >= 4 is 59.0 Å². The number of aromatic nitrogens is 2. The second-order valence-corrected chi connectivity index (χ2v) is 10.2. The lowest BCUT2D eigenvalue weighted by Gasteiger charge is -2.25. The van der Waals surface area contributed by atoms with Gasteiger partial charge >= 0.3 is 0 Å². The molecule has 0 bridgehead atoms. The number of para-hydroxylation sites is 2. The molecule has 6 rings (SSSR count). The molecule has 0 aliphatic carbocycles. The first-order valence-corrected chi connectivity index (χ1v) is 13.8. The predicted molar refractivity (Wildman–Crippen MR) is 169 cm³/mol. The lowest BCUT2D eigenvalue weighted by Crippen LogP contribution is -2.35. The maximum Gasteiger partial charge on any atom is 0.259 e. The Bertz CT molecular complexity index is 1550. The first-order valence-electron chi connectivity index (χ1n) is 13.8. The van der Waals surface area contributed by atoms with Crippen molar-refractivity contribution in [3.05, 3.63) is 83.2 Å². The first-order chi connectivity index (χ1) is 19.6. The van der Waals surface area contributed by atoms with Crippen molar-refractivity contribution in [1.82, 2.24) is 14.9 Å². The van der Waals surface area contributed by atoms with Gasteiger partial charge in [-0.1, -0.05) is 24.3 Å². The van der Waals surface area contributed by atoms with E-state index in [1.807, 2.05) is 41.3 Å². The quantitative estimate of drug-likeness (QED) is 0.299. The smallest absolute Gasteiger partial charge is 0.259 e. The topological polar surface area (TPSA) is 99.8 Å². The summed E-state index contributed by atoms with van der Waals surface area (Å²) in [4.78, 5) is 39.3. The summed E-state index contributed by atoms with van der Waals surface area (Å²) < 4.78 is 11.0. The number of nitrogens with one attached hydrogen (secondary N) is 2. The monoisotopic (exact) mass is 611 g/mol. The Labute approximate surface area is 257 Å². The molecule has 1 fully saturated rings. The van der Waals surface area contributed by atoms with Crippen molar-refractivity contribution in [2.75, 3.05) is 50.2 Å². The number of hydrogen-bond donors (Lipinski definition) is 2. The molecule has 2 amide bonds. The number of amides is 2. The van der Waals surface area contributed by atoms with E-state index in [1.165, 1.54) is 12.7 Å². The van der Waals surface area contributed by atoms with Crippen LogP contribution in [0.25, 0.3) is 11.0 Å². The summed E-state index contributed by atoms with van der Waals surface area (Å²) in [5.74, 6) is 0.748. The van der Waals surface area contributed by atoms with Crippen LogP contribution < -0.4 is 15.0 Å². The molecule has 4 aromatic rings. The van der Waals surface area contributed by atoms with Crippen LogP contribution in [-0.2, 0) is 17.7 Å². The highest BCUT2D eigenvalue weighted by molar-refractivity contribution is 6.11. The predicted octanol–water partition coefficient (Wildman–Crippen LogP) is 5.48. The summed E-state index contributed by atoms with van der Waals surface area (Å²) in [6, 6.07) is 18.7. The molecule has 0 atom stereocenters. The van der Waals surface area contributed by atoms with E-state index in [0.29, 0.717) is 41.2 Å². The van der Waals surface area contributed by atoms with E-state index in [0.717, 1.165) is 62.6 Å². The Hall–Kier alpha value is -3.63. The Morgan fingerprint density at radius 2 is 1.81 bits per heavy atom. The van der Waals surface area contributed by atoms with E-state index in [1.54, 1.807) is 18.2 Å². The Kier molecular flexibility index (Phi) is 10.5. The Balaban J connectivity index is 0.00000202. The second-order valence-electron chi connectivity index (χ2n) is 10.2. The number of aromatic amines is 1. The summed E-state index contributed by atoms with van der Waals surface area (Å²) in [5.41, 5.74) is 5.11. The number of morpholine rings is 1. The zero-order valence-corrected chi connectivity index (χ0v) is 25.1. The van der Waals surface area contributed by atoms with Crippen LogP contribution >= 0.6 is 24.8 Å². The van der Waals surface area contributed by atoms with E-state index in [-0.39, 0.29) is 36.6 Å². The van der Waals surface area contributed by atoms with Crippen LogP contribution in [0, 0.1) is 0 Å². The molecule has 3 heterocycles. The van der Waals surface area contributed by atoms with Crippen LogP contribution in [0.1, 0.15) is 44.9 Å². The van der Waals surface area contributed by atoms with Gasteiger partial charge in [0.1, 0.15) is 17.1 Å². The summed E-state index contributed by atoms with van der Waals surface area (Å²) in [6.07, 6.45) is 2.94. The van der Waals surface area contributed by atoms with Crippen molar-refractivity contribution in [1.29, 1.82) is 0 Å². The molecule has 0 saturated carbocycles. The molecule has 3 aromatic carbocycles. The number of rotatable bonds is 6. The van der Waals surface area contributed by atoms with Gasteiger partial charge in [-0.3, -0.25) is 14.5 Å². The van der Waals surface area contributed by atoms with E-state index in [9.17, 15) is 9.59 Å². The fourth-order valence-electron chi connectivity index (χ4n) is 5.49. The van der Waals surface area contributed by atoms with Gasteiger partial charge in [0.2, 0.25) is 0 Å². The second kappa shape index (κ2) is 14.0. The van der Waals surface area contributed by atoms with Crippen molar-refractivity contribution < 1.29 is 19.1 Å². The number of ether oxygens (including phenoxy) is 2. The number of hydrogen-bond acceptors (Lipinski definition) is 6. The van der Waals surface area contributed by atoms with Crippen molar-refractivity contribution in [3.8, 4) is 5.75 Å². The highest BCUT2D eigenvalue weighted by atomic mass is 35.5. The number of H-pyrrole nitrogens is 1. The largest absolute Gasteiger partial charge is 0.496 e. The lowest BCUT2D eigenvalue weighted by molar-refractivity contribution is 0.0332. The Morgan fingerprint density at radius 3 is 2.62 bits per heavy atom. The molecule has 9 nitrogen and oxygen atoms in total. The van der Waals surface area contributed by atoms with Gasteiger partial charge in [-0.05, 0) is 61.2 Å². The molecule has 0 spiro atoms. The fourth-order valence-corrected chi connectivity index (χ4v) is 5.49. The minimum atomic E-state index is -0.332. The highest BCUT2D eigenvalue weighted by Gasteiger charge is 2.24. The third-order valence-electron chi connectivity index (χ3n) is 7.59. The zero-order chi connectivity index (χ0) is 27.5. The number of halogens is 2. The number of carbonyl (C=O) groups excluding carboxylic acids is 2. The molecule has 0 unspecified atom stereocenters. The standard InChI is InChI=1S/C31H33N5O4.2ClH/c1-39-27-19-22(31(38)36-14-5-4-8-21-7-2-3-11-26(21)36)12-13-23(27)30(37)33-25-10-6-9-24-29(25)34-28(32-24)20-35-15-17-40-18-16-35;;/h2-3,6-7,9-13,19H,4-5,8,14-18,20H2,1H3,(H,32,34)(H,33,37);2*1H. The van der Waals surface area contributed by atoms with Crippen molar-refractivity contribution in [2.24, 2.45) is 0 Å². The molecule has 42 heavy (non-hydrogen) atoms. The van der Waals surface area contributed by atoms with E-state index in [2.05, 4.69) is 21.3 Å². The molecule has 2 aliphatic heterocycles. The molecule has 1 saturated heterocycles. The number of imidazole rings is 1.